The molecule has 3 rings (SSSR count). The van der Waals surface area contributed by atoms with Gasteiger partial charge in [0.05, 0.1) is 29.4 Å². The van der Waals surface area contributed by atoms with Crippen LogP contribution in [0, 0.1) is 11.3 Å². The van der Waals surface area contributed by atoms with Crippen LogP contribution in [0.25, 0.3) is 0 Å². The lowest BCUT2D eigenvalue weighted by atomic mass is 10.0. The number of carbonyl (C=O) groups excluding carboxylic acids is 1. The highest BCUT2D eigenvalue weighted by Crippen LogP contribution is 2.35. The maximum atomic E-state index is 13.3. The summed E-state index contributed by atoms with van der Waals surface area (Å²) in [5.74, 6) is 0. The summed E-state index contributed by atoms with van der Waals surface area (Å²) in [5, 5.41) is 12.1. The van der Waals surface area contributed by atoms with Gasteiger partial charge in [-0.25, -0.2) is 9.78 Å². The molecule has 2 aromatic rings. The quantitative estimate of drug-likeness (QED) is 0.700. The molecule has 0 radical (unpaired) electrons. The van der Waals surface area contributed by atoms with Gasteiger partial charge < -0.3 is 15.1 Å². The van der Waals surface area contributed by atoms with Crippen molar-refractivity contribution >= 4 is 23.3 Å². The van der Waals surface area contributed by atoms with Gasteiger partial charge in [0.2, 0.25) is 0 Å². The van der Waals surface area contributed by atoms with Gasteiger partial charge in [0.25, 0.3) is 0 Å². The second-order valence-electron chi connectivity index (χ2n) is 7.45. The van der Waals surface area contributed by atoms with E-state index >= 15 is 0 Å². The fraction of sp³-hybridized carbons (Fsp3) is 0.381. The van der Waals surface area contributed by atoms with E-state index in [2.05, 4.69) is 10.3 Å². The summed E-state index contributed by atoms with van der Waals surface area (Å²) in [5.41, 5.74) is -0.377. The number of aromatic nitrogens is 1. The Kier molecular flexibility index (Phi) is 6.60. The number of pyridine rings is 1. The summed E-state index contributed by atoms with van der Waals surface area (Å²) < 4.78 is 40.0. The third kappa shape index (κ3) is 5.20. The highest BCUT2D eigenvalue weighted by molar-refractivity contribution is 6.29. The van der Waals surface area contributed by atoms with E-state index in [0.29, 0.717) is 29.6 Å². The van der Waals surface area contributed by atoms with Gasteiger partial charge in [-0.1, -0.05) is 17.7 Å². The number of rotatable bonds is 3. The molecule has 1 aliphatic heterocycles. The van der Waals surface area contributed by atoms with Crippen molar-refractivity contribution in [2.75, 3.05) is 18.0 Å². The first-order valence-corrected chi connectivity index (χ1v) is 10.0. The highest BCUT2D eigenvalue weighted by Gasteiger charge is 2.36. The lowest BCUT2D eigenvalue weighted by molar-refractivity contribution is -0.137. The van der Waals surface area contributed by atoms with Crippen molar-refractivity contribution in [1.29, 1.82) is 5.26 Å². The number of hydrogen-bond donors (Lipinski definition) is 1. The molecule has 0 saturated carbocycles. The van der Waals surface area contributed by atoms with Gasteiger partial charge in [-0.15, -0.1) is 0 Å². The number of nitrogens with zero attached hydrogens (tertiary/aromatic N) is 4. The number of alkyl halides is 3. The second kappa shape index (κ2) is 9.02. The molecule has 31 heavy (non-hydrogen) atoms. The predicted molar refractivity (Wildman–Crippen MR) is 111 cm³/mol. The van der Waals surface area contributed by atoms with Crippen LogP contribution in [0.4, 0.5) is 23.7 Å². The Bertz CT molecular complexity index is 1010. The SMILES string of the molecule is C[C@@H]1CN(c2ccc(C#N)c(C(F)(F)F)c2)[C@@H](C)CN1C(=O)NCc1cccc(Cl)n1. The van der Waals surface area contributed by atoms with Gasteiger partial charge in [-0.2, -0.15) is 18.4 Å². The third-order valence-electron chi connectivity index (χ3n) is 5.20. The number of benzene rings is 1. The molecule has 1 aliphatic rings. The topological polar surface area (TPSA) is 72.3 Å². The standard InChI is InChI=1S/C21H21ClF3N5O/c1-13-12-30(20(31)27-10-16-4-3-5-19(22)28-16)14(2)11-29(13)17-7-6-15(9-26)18(8-17)21(23,24)25/h3-8,13-14H,10-12H2,1-2H3,(H,27,31)/t13-,14+/m0/s1. The van der Waals surface area contributed by atoms with Crippen LogP contribution in [0.1, 0.15) is 30.7 Å². The number of carbonyl (C=O) groups is 1. The highest BCUT2D eigenvalue weighted by atomic mass is 35.5. The number of nitrogens with one attached hydrogen (secondary N) is 1. The van der Waals surface area contributed by atoms with Crippen LogP contribution in [0.3, 0.4) is 0 Å². The molecule has 10 heteroatoms. The minimum Gasteiger partial charge on any atom is -0.365 e. The average Bonchev–Trinajstić information content (AvgIpc) is 2.72. The number of urea groups is 1. The van der Waals surface area contributed by atoms with E-state index in [1.165, 1.54) is 12.1 Å². The molecular formula is C21H21ClF3N5O. The predicted octanol–water partition coefficient (Wildman–Crippen LogP) is 4.43. The van der Waals surface area contributed by atoms with Crippen molar-refractivity contribution in [3.05, 3.63) is 58.4 Å². The Hall–Kier alpha value is -2.99. The van der Waals surface area contributed by atoms with Crippen LogP contribution in [-0.2, 0) is 12.7 Å². The van der Waals surface area contributed by atoms with Gasteiger partial charge >= 0.3 is 12.2 Å². The fourth-order valence-electron chi connectivity index (χ4n) is 3.63. The maximum absolute atomic E-state index is 13.3. The minimum atomic E-state index is -4.62. The molecule has 2 amide bonds. The first kappa shape index (κ1) is 22.7. The maximum Gasteiger partial charge on any atom is 0.417 e. The van der Waals surface area contributed by atoms with Crippen LogP contribution in [0.5, 0.6) is 0 Å². The number of amides is 2. The first-order chi connectivity index (χ1) is 14.6. The molecule has 1 fully saturated rings. The summed E-state index contributed by atoms with van der Waals surface area (Å²) in [6.45, 7) is 4.58. The van der Waals surface area contributed by atoms with Gasteiger partial charge in [-0.05, 0) is 44.2 Å². The molecule has 2 heterocycles. The summed E-state index contributed by atoms with van der Waals surface area (Å²) in [6.07, 6.45) is -4.62. The normalized spacial score (nSPS) is 19.1. The largest absolute Gasteiger partial charge is 0.417 e. The van der Waals surface area contributed by atoms with E-state index in [9.17, 15) is 18.0 Å². The molecule has 2 atom stereocenters. The van der Waals surface area contributed by atoms with Crippen molar-refractivity contribution in [2.45, 2.75) is 38.7 Å². The smallest absolute Gasteiger partial charge is 0.365 e. The zero-order valence-electron chi connectivity index (χ0n) is 16.9. The van der Waals surface area contributed by atoms with Crippen LogP contribution >= 0.6 is 11.6 Å². The molecule has 0 aliphatic carbocycles. The molecule has 1 saturated heterocycles. The van der Waals surface area contributed by atoms with E-state index < -0.39 is 17.3 Å². The van der Waals surface area contributed by atoms with Crippen LogP contribution in [0.2, 0.25) is 5.15 Å². The number of hydrogen-bond acceptors (Lipinski definition) is 4. The molecule has 0 unspecified atom stereocenters. The van der Waals surface area contributed by atoms with Crippen LogP contribution in [-0.4, -0.2) is 41.1 Å². The minimum absolute atomic E-state index is 0.214. The molecule has 1 aromatic carbocycles. The summed E-state index contributed by atoms with van der Waals surface area (Å²) in [6, 6.07) is 9.68. The molecule has 1 aromatic heterocycles. The number of nitriles is 1. The van der Waals surface area contributed by atoms with Crippen molar-refractivity contribution in [3.63, 3.8) is 0 Å². The lowest BCUT2D eigenvalue weighted by Crippen LogP contribution is -2.60. The molecule has 1 N–H and O–H groups in total. The molecule has 164 valence electrons. The van der Waals surface area contributed by atoms with Gasteiger partial charge in [-0.3, -0.25) is 0 Å². The molecule has 6 nitrogen and oxygen atoms in total. The second-order valence-corrected chi connectivity index (χ2v) is 7.84. The number of halogens is 4. The Labute approximate surface area is 183 Å². The Morgan fingerprint density at radius 1 is 1.26 bits per heavy atom. The van der Waals surface area contributed by atoms with Crippen molar-refractivity contribution in [3.8, 4) is 6.07 Å². The third-order valence-corrected chi connectivity index (χ3v) is 5.41. The summed E-state index contributed by atoms with van der Waals surface area (Å²) in [4.78, 5) is 20.3. The average molecular weight is 452 g/mol. The van der Waals surface area contributed by atoms with E-state index in [-0.39, 0.29) is 24.7 Å². The van der Waals surface area contributed by atoms with E-state index in [4.69, 9.17) is 16.9 Å². The molecule has 0 spiro atoms. The summed E-state index contributed by atoms with van der Waals surface area (Å²) >= 11 is 5.86. The van der Waals surface area contributed by atoms with Gasteiger partial charge in [0.1, 0.15) is 5.15 Å². The van der Waals surface area contributed by atoms with Crippen molar-refractivity contribution in [2.24, 2.45) is 0 Å². The zero-order chi connectivity index (χ0) is 22.8. The van der Waals surface area contributed by atoms with Crippen molar-refractivity contribution < 1.29 is 18.0 Å². The molecular weight excluding hydrogens is 431 g/mol. The van der Waals surface area contributed by atoms with Gasteiger partial charge in [0.15, 0.2) is 0 Å². The first-order valence-electron chi connectivity index (χ1n) is 9.64. The monoisotopic (exact) mass is 451 g/mol. The van der Waals surface area contributed by atoms with Crippen molar-refractivity contribution in [1.82, 2.24) is 15.2 Å². The van der Waals surface area contributed by atoms with E-state index in [1.54, 1.807) is 29.2 Å². The van der Waals surface area contributed by atoms with Gasteiger partial charge in [0, 0.05) is 30.9 Å². The molecule has 0 bridgehead atoms. The van der Waals surface area contributed by atoms with Crippen LogP contribution in [0.15, 0.2) is 36.4 Å². The number of anilines is 1. The van der Waals surface area contributed by atoms with Crippen LogP contribution < -0.4 is 10.2 Å². The summed E-state index contributed by atoms with van der Waals surface area (Å²) in [7, 11) is 0. The zero-order valence-corrected chi connectivity index (χ0v) is 17.7. The Balaban J connectivity index is 1.71. The fourth-order valence-corrected chi connectivity index (χ4v) is 3.81. The Morgan fingerprint density at radius 2 is 2.00 bits per heavy atom. The van der Waals surface area contributed by atoms with E-state index in [1.807, 2.05) is 18.7 Å². The Morgan fingerprint density at radius 3 is 2.65 bits per heavy atom. The van der Waals surface area contributed by atoms with E-state index in [0.717, 1.165) is 6.07 Å². The lowest BCUT2D eigenvalue weighted by Gasteiger charge is -2.45. The number of piperazine rings is 1.